The van der Waals surface area contributed by atoms with E-state index < -0.39 is 40.3 Å². The van der Waals surface area contributed by atoms with Gasteiger partial charge in [-0.25, -0.2) is 19.2 Å². The topological polar surface area (TPSA) is 340 Å². The number of benzene rings is 6. The molecular weight excluding hydrogens is 1540 g/mol. The van der Waals surface area contributed by atoms with Crippen molar-refractivity contribution < 1.29 is 52.4 Å². The molecule has 0 fully saturated rings. The SMILES string of the molecule is CCOc1nc2c(C(=O)c3ccccn3)cc(-c3c(C)noc3C)cc2n1C(=O)OC(C)(C)C.CCc1cccc(Br)c1.CCc1cccc(C(O)(c2ccccn2)c2cc(-c3c(C)noc3C)cc3[nH]c(=O)[nH]c23)c1.CCc1cccc(C(O)(c2ccccn2)c2cc(-c3c(C)noc3C)cc3c2[nH]c(=O)n3C(=O)OC(C)(C)C)c1. The van der Waals surface area contributed by atoms with Gasteiger partial charge in [0.2, 0.25) is 5.78 Å². The molecular formula is C90H91BrN12O13. The largest absolute Gasteiger partial charge is 0.465 e. The molecule has 9 aromatic heterocycles. The molecule has 0 saturated heterocycles. The number of aliphatic hydroxyl groups is 2. The van der Waals surface area contributed by atoms with Crippen molar-refractivity contribution in [2.45, 2.75) is 152 Å². The number of H-pyrrole nitrogens is 3. The van der Waals surface area contributed by atoms with E-state index in [2.05, 4.69) is 98.3 Å². The number of hydrogen-bond acceptors (Lipinski definition) is 20. The maximum Gasteiger partial charge on any atom is 0.423 e. The van der Waals surface area contributed by atoms with Crippen molar-refractivity contribution in [1.29, 1.82) is 0 Å². The first-order valence-electron chi connectivity index (χ1n) is 38.0. The molecule has 2 atom stereocenters. The number of nitrogens with zero attached hydrogens (tertiary/aromatic N) is 9. The minimum atomic E-state index is -1.80. The number of aryl methyl sites for hydroxylation is 9. The molecule has 116 heavy (non-hydrogen) atoms. The van der Waals surface area contributed by atoms with Crippen LogP contribution in [0.4, 0.5) is 9.59 Å². The quantitative estimate of drug-likeness (QED) is 0.0561. The first-order chi connectivity index (χ1) is 55.3. The molecule has 15 rings (SSSR count). The van der Waals surface area contributed by atoms with E-state index in [1.54, 1.807) is 154 Å². The van der Waals surface area contributed by atoms with Gasteiger partial charge in [-0.2, -0.15) is 14.1 Å². The van der Waals surface area contributed by atoms with E-state index in [0.29, 0.717) is 101 Å². The van der Waals surface area contributed by atoms with Gasteiger partial charge in [-0.05, 0) is 239 Å². The molecule has 0 bridgehead atoms. The minimum absolute atomic E-state index is 0.0396. The zero-order valence-electron chi connectivity index (χ0n) is 67.4. The number of carbonyl (C=O) groups excluding carboxylic acids is 3. The monoisotopic (exact) mass is 1630 g/mol. The third kappa shape index (κ3) is 17.2. The van der Waals surface area contributed by atoms with Crippen LogP contribution < -0.4 is 16.1 Å². The number of pyridine rings is 3. The summed E-state index contributed by atoms with van der Waals surface area (Å²) in [6.45, 7) is 29.7. The molecule has 25 nitrogen and oxygen atoms in total. The van der Waals surface area contributed by atoms with Gasteiger partial charge in [0.15, 0.2) is 11.2 Å². The van der Waals surface area contributed by atoms with Crippen molar-refractivity contribution in [2.24, 2.45) is 0 Å². The number of hydrogen-bond donors (Lipinski definition) is 5. The summed E-state index contributed by atoms with van der Waals surface area (Å²) in [6, 6.07) is 50.4. The molecule has 9 heterocycles. The van der Waals surface area contributed by atoms with E-state index in [4.69, 9.17) is 27.8 Å². The number of nitrogens with one attached hydrogen (secondary N) is 3. The van der Waals surface area contributed by atoms with E-state index in [-0.39, 0.29) is 46.4 Å². The van der Waals surface area contributed by atoms with Crippen molar-refractivity contribution in [3.8, 4) is 39.4 Å². The Morgan fingerprint density at radius 2 is 0.948 bits per heavy atom. The zero-order valence-corrected chi connectivity index (χ0v) is 69.0. The summed E-state index contributed by atoms with van der Waals surface area (Å²) in [5.74, 6) is 1.46. The van der Waals surface area contributed by atoms with Gasteiger partial charge in [-0.1, -0.05) is 131 Å². The van der Waals surface area contributed by atoms with Crippen molar-refractivity contribution in [1.82, 2.24) is 59.5 Å². The van der Waals surface area contributed by atoms with Crippen molar-refractivity contribution in [2.75, 3.05) is 6.61 Å². The van der Waals surface area contributed by atoms with E-state index in [1.165, 1.54) is 14.6 Å². The fourth-order valence-corrected chi connectivity index (χ4v) is 14.5. The van der Waals surface area contributed by atoms with Crippen LogP contribution in [0.1, 0.15) is 170 Å². The molecule has 26 heteroatoms. The number of fused-ring (bicyclic) bond motifs is 3. The Morgan fingerprint density at radius 1 is 0.491 bits per heavy atom. The Labute approximate surface area is 677 Å². The van der Waals surface area contributed by atoms with Crippen molar-refractivity contribution >= 4 is 67.0 Å². The van der Waals surface area contributed by atoms with Crippen molar-refractivity contribution in [3.05, 3.63) is 304 Å². The molecule has 2 unspecified atom stereocenters. The number of ketones is 1. The Bertz CT molecular complexity index is 6180. The van der Waals surface area contributed by atoms with E-state index >= 15 is 0 Å². The van der Waals surface area contributed by atoms with Gasteiger partial charge in [0.05, 0.1) is 68.2 Å². The number of halogens is 1. The first kappa shape index (κ1) is 82.7. The van der Waals surface area contributed by atoms with E-state index in [1.807, 2.05) is 107 Å². The molecule has 596 valence electrons. The standard InChI is InChI=1S/C31H32N4O5.C26H24N4O3.C25H26N4O5.C8H9Br/c1-7-20-11-10-12-22(15-20)31(38,25-13-8-9-14-32-25)23-16-21(26-18(2)34-40-19(26)3)17-24-27(23)33-28(36)35(24)29(37)39-30(4,5)6;1-4-17-8-7-9-19(12-17)26(32,22-10-5-6-11-27-22)20-13-18(23-15(2)30-33-16(23)3)14-21-24(20)29-25(31)28-21;1-7-32-23-27-21-17(22(30)18-10-8-9-11-26-18)12-16(20-14(2)28-34-15(20)3)13-19(21)29(23)24(31)33-25(4,5)6;1-2-7-4-3-5-8(9)6-7/h8-17,38H,7H2,1-6H3,(H,33,36);5-14,32H,4H2,1-3H3,(H2,28,29,31);8-13H,7H2,1-6H3;3-6H,2H2,1H3. The summed E-state index contributed by atoms with van der Waals surface area (Å²) >= 11 is 3.40. The van der Waals surface area contributed by atoms with Crippen LogP contribution in [0.3, 0.4) is 0 Å². The number of imidazole rings is 3. The van der Waals surface area contributed by atoms with Crippen LogP contribution in [-0.4, -0.2) is 105 Å². The molecule has 0 radical (unpaired) electrons. The zero-order chi connectivity index (χ0) is 83.3. The summed E-state index contributed by atoms with van der Waals surface area (Å²) in [5, 5.41) is 37.5. The highest BCUT2D eigenvalue weighted by molar-refractivity contribution is 9.10. The van der Waals surface area contributed by atoms with Crippen LogP contribution in [0.15, 0.2) is 210 Å². The fraction of sp³-hybridized carbons (Fsp3) is 0.267. The Kier molecular flexibility index (Phi) is 24.3. The van der Waals surface area contributed by atoms with Gasteiger partial charge in [0.1, 0.15) is 39.7 Å². The molecule has 0 aliphatic carbocycles. The lowest BCUT2D eigenvalue weighted by molar-refractivity contribution is 0.0519. The summed E-state index contributed by atoms with van der Waals surface area (Å²) in [5.41, 5.74) is 9.44. The fourth-order valence-electron chi connectivity index (χ4n) is 14.0. The van der Waals surface area contributed by atoms with Crippen LogP contribution in [0.5, 0.6) is 6.01 Å². The van der Waals surface area contributed by atoms with Gasteiger partial charge in [0.25, 0.3) is 0 Å². The van der Waals surface area contributed by atoms with Gasteiger partial charge in [0, 0.05) is 50.9 Å². The highest BCUT2D eigenvalue weighted by Crippen LogP contribution is 2.45. The maximum absolute atomic E-state index is 13.5. The van der Waals surface area contributed by atoms with Crippen LogP contribution in [0.25, 0.3) is 66.5 Å². The molecule has 0 amide bonds. The van der Waals surface area contributed by atoms with Crippen LogP contribution >= 0.6 is 15.9 Å². The predicted octanol–water partition coefficient (Wildman–Crippen LogP) is 18.1. The van der Waals surface area contributed by atoms with E-state index in [0.717, 1.165) is 57.3 Å². The van der Waals surface area contributed by atoms with Gasteiger partial charge >= 0.3 is 29.6 Å². The van der Waals surface area contributed by atoms with Gasteiger partial charge < -0.3 is 52.9 Å². The average Bonchev–Trinajstić information content (AvgIpc) is 1.11. The van der Waals surface area contributed by atoms with Crippen molar-refractivity contribution in [3.63, 3.8) is 0 Å². The Balaban J connectivity index is 0.000000152. The third-order valence-corrected chi connectivity index (χ3v) is 19.8. The molecule has 0 aliphatic rings. The maximum atomic E-state index is 13.5. The highest BCUT2D eigenvalue weighted by Gasteiger charge is 2.41. The smallest absolute Gasteiger partial charge is 0.423 e. The number of ether oxygens (including phenoxy) is 3. The molecule has 0 saturated carbocycles. The molecule has 6 aromatic carbocycles. The number of aromatic amines is 3. The average molecular weight is 1630 g/mol. The lowest BCUT2D eigenvalue weighted by atomic mass is 9.80. The van der Waals surface area contributed by atoms with Gasteiger partial charge in [-0.3, -0.25) is 19.7 Å². The summed E-state index contributed by atoms with van der Waals surface area (Å²) < 4.78 is 36.4. The molecule has 0 spiro atoms. The number of carbonyl (C=O) groups is 3. The lowest BCUT2D eigenvalue weighted by Gasteiger charge is -2.30. The third-order valence-electron chi connectivity index (χ3n) is 19.3. The van der Waals surface area contributed by atoms with Crippen LogP contribution in [-0.2, 0) is 39.9 Å². The van der Waals surface area contributed by atoms with Crippen LogP contribution in [0, 0.1) is 41.5 Å². The second kappa shape index (κ2) is 34.1. The Hall–Kier alpha value is -12.8. The summed E-state index contributed by atoms with van der Waals surface area (Å²) in [4.78, 5) is 92.0. The van der Waals surface area contributed by atoms with Crippen LogP contribution in [0.2, 0.25) is 0 Å². The molecule has 0 aliphatic heterocycles. The Morgan fingerprint density at radius 3 is 1.39 bits per heavy atom. The number of rotatable bonds is 16. The second-order valence-corrected chi connectivity index (χ2v) is 30.7. The minimum Gasteiger partial charge on any atom is -0.465 e. The summed E-state index contributed by atoms with van der Waals surface area (Å²) in [7, 11) is 0. The van der Waals surface area contributed by atoms with Gasteiger partial charge in [-0.15, -0.1) is 0 Å². The molecule has 5 N–H and O–H groups in total. The second-order valence-electron chi connectivity index (χ2n) is 29.8. The lowest BCUT2D eigenvalue weighted by Crippen LogP contribution is -2.32. The normalized spacial score (nSPS) is 12.5. The first-order valence-corrected chi connectivity index (χ1v) is 38.8. The predicted molar refractivity (Wildman–Crippen MR) is 446 cm³/mol. The number of aromatic nitrogens is 12. The van der Waals surface area contributed by atoms with E-state index in [9.17, 15) is 34.2 Å². The molecule has 15 aromatic rings. The highest BCUT2D eigenvalue weighted by atomic mass is 79.9. The summed E-state index contributed by atoms with van der Waals surface area (Å²) in [6.07, 6.45) is 6.00.